The summed E-state index contributed by atoms with van der Waals surface area (Å²) < 4.78 is 5.83. The van der Waals surface area contributed by atoms with Gasteiger partial charge in [0, 0.05) is 25.3 Å². The van der Waals surface area contributed by atoms with Crippen molar-refractivity contribution in [2.45, 2.75) is 58.4 Å². The summed E-state index contributed by atoms with van der Waals surface area (Å²) >= 11 is 0. The molecule has 0 bridgehead atoms. The molecule has 0 atom stereocenters. The number of benzene rings is 3. The standard InChI is InChI=1S/C32H41NO2/c1-28-15-14-21-31(25-28)32(34)27-33(26-30-19-8-5-9-20-30)22-11-2-3-12-23-35-24-13-10-18-29-16-6-4-7-17-29/h4-9,14-17,19-21,25H,2-3,10-13,18,22-24,26-27H2,1H3. The van der Waals surface area contributed by atoms with Crippen LogP contribution in [-0.4, -0.2) is 37.0 Å². The lowest BCUT2D eigenvalue weighted by molar-refractivity contribution is 0.0923. The van der Waals surface area contributed by atoms with Gasteiger partial charge in [-0.25, -0.2) is 0 Å². The summed E-state index contributed by atoms with van der Waals surface area (Å²) in [5.41, 5.74) is 4.60. The minimum absolute atomic E-state index is 0.199. The predicted octanol–water partition coefficient (Wildman–Crippen LogP) is 7.28. The smallest absolute Gasteiger partial charge is 0.176 e. The number of ketones is 1. The van der Waals surface area contributed by atoms with Crippen molar-refractivity contribution in [3.63, 3.8) is 0 Å². The van der Waals surface area contributed by atoms with Crippen LogP contribution >= 0.6 is 0 Å². The van der Waals surface area contributed by atoms with Gasteiger partial charge in [0.05, 0.1) is 6.54 Å². The van der Waals surface area contributed by atoms with Crippen molar-refractivity contribution in [3.8, 4) is 0 Å². The summed E-state index contributed by atoms with van der Waals surface area (Å²) in [7, 11) is 0. The van der Waals surface area contributed by atoms with Gasteiger partial charge in [-0.05, 0) is 62.8 Å². The fourth-order valence-corrected chi connectivity index (χ4v) is 4.34. The van der Waals surface area contributed by atoms with Crippen molar-refractivity contribution in [1.29, 1.82) is 0 Å². The van der Waals surface area contributed by atoms with Gasteiger partial charge in [0.1, 0.15) is 0 Å². The van der Waals surface area contributed by atoms with E-state index in [9.17, 15) is 4.79 Å². The molecule has 0 fully saturated rings. The highest BCUT2D eigenvalue weighted by Gasteiger charge is 2.13. The van der Waals surface area contributed by atoms with Gasteiger partial charge in [-0.2, -0.15) is 0 Å². The molecule has 0 aromatic heterocycles. The molecular weight excluding hydrogens is 430 g/mol. The first kappa shape index (κ1) is 26.8. The summed E-state index contributed by atoms with van der Waals surface area (Å²) in [5, 5.41) is 0. The van der Waals surface area contributed by atoms with Crippen LogP contribution in [0, 0.1) is 6.92 Å². The highest BCUT2D eigenvalue weighted by atomic mass is 16.5. The van der Waals surface area contributed by atoms with Crippen LogP contribution in [0.3, 0.4) is 0 Å². The number of hydrogen-bond acceptors (Lipinski definition) is 3. The fourth-order valence-electron chi connectivity index (χ4n) is 4.34. The van der Waals surface area contributed by atoms with Crippen molar-refractivity contribution in [3.05, 3.63) is 107 Å². The van der Waals surface area contributed by atoms with Gasteiger partial charge in [-0.1, -0.05) is 97.3 Å². The van der Waals surface area contributed by atoms with E-state index in [-0.39, 0.29) is 5.78 Å². The second-order valence-corrected chi connectivity index (χ2v) is 9.46. The summed E-state index contributed by atoms with van der Waals surface area (Å²) in [6.07, 6.45) is 8.00. The third-order valence-electron chi connectivity index (χ3n) is 6.32. The first-order valence-electron chi connectivity index (χ1n) is 13.2. The Morgan fingerprint density at radius 3 is 2.09 bits per heavy atom. The van der Waals surface area contributed by atoms with Gasteiger partial charge in [-0.3, -0.25) is 9.69 Å². The third kappa shape index (κ3) is 11.0. The Morgan fingerprint density at radius 1 is 0.714 bits per heavy atom. The molecule has 3 aromatic rings. The Kier molecular flexibility index (Phi) is 12.3. The van der Waals surface area contributed by atoms with Crippen LogP contribution in [0.15, 0.2) is 84.9 Å². The molecule has 0 radical (unpaired) electrons. The molecule has 35 heavy (non-hydrogen) atoms. The Labute approximate surface area is 212 Å². The summed E-state index contributed by atoms with van der Waals surface area (Å²) in [5.74, 6) is 0.199. The number of ether oxygens (including phenoxy) is 1. The second kappa shape index (κ2) is 16.0. The van der Waals surface area contributed by atoms with Gasteiger partial charge in [-0.15, -0.1) is 0 Å². The molecule has 0 N–H and O–H groups in total. The molecule has 0 spiro atoms. The average Bonchev–Trinajstić information content (AvgIpc) is 2.88. The second-order valence-electron chi connectivity index (χ2n) is 9.46. The molecule has 0 aliphatic rings. The van der Waals surface area contributed by atoms with Gasteiger partial charge < -0.3 is 4.74 Å². The van der Waals surface area contributed by atoms with Crippen molar-refractivity contribution in [2.75, 3.05) is 26.3 Å². The third-order valence-corrected chi connectivity index (χ3v) is 6.32. The van der Waals surface area contributed by atoms with Crippen LogP contribution < -0.4 is 0 Å². The number of hydrogen-bond donors (Lipinski definition) is 0. The molecule has 3 heteroatoms. The van der Waals surface area contributed by atoms with Crippen LogP contribution in [-0.2, 0) is 17.7 Å². The molecule has 186 valence electrons. The van der Waals surface area contributed by atoms with E-state index >= 15 is 0 Å². The molecule has 0 aliphatic carbocycles. The molecule has 0 unspecified atom stereocenters. The molecular formula is C32H41NO2. The summed E-state index contributed by atoms with van der Waals surface area (Å²) in [6.45, 7) is 5.96. The number of rotatable bonds is 17. The molecule has 0 saturated heterocycles. The van der Waals surface area contributed by atoms with Crippen LogP contribution in [0.4, 0.5) is 0 Å². The molecule has 3 nitrogen and oxygen atoms in total. The highest BCUT2D eigenvalue weighted by molar-refractivity contribution is 5.97. The maximum atomic E-state index is 12.9. The lowest BCUT2D eigenvalue weighted by Gasteiger charge is -2.22. The minimum Gasteiger partial charge on any atom is -0.381 e. The summed E-state index contributed by atoms with van der Waals surface area (Å²) in [6, 6.07) is 29.0. The zero-order valence-corrected chi connectivity index (χ0v) is 21.3. The van der Waals surface area contributed by atoms with E-state index in [1.807, 2.05) is 37.3 Å². The SMILES string of the molecule is Cc1cccc(C(=O)CN(CCCCCCOCCCCc2ccccc2)Cc2ccccc2)c1. The van der Waals surface area contributed by atoms with Crippen LogP contribution in [0.2, 0.25) is 0 Å². The zero-order valence-electron chi connectivity index (χ0n) is 21.3. The van der Waals surface area contributed by atoms with E-state index in [0.717, 1.165) is 63.1 Å². The number of carbonyl (C=O) groups excluding carboxylic acids is 1. The number of Topliss-reactive ketones (excluding diaryl/α,β-unsaturated/α-hetero) is 1. The van der Waals surface area contributed by atoms with E-state index in [1.165, 1.54) is 30.4 Å². The van der Waals surface area contributed by atoms with E-state index in [0.29, 0.717) is 6.54 Å². The van der Waals surface area contributed by atoms with Crippen molar-refractivity contribution in [1.82, 2.24) is 4.90 Å². The van der Waals surface area contributed by atoms with E-state index in [1.54, 1.807) is 0 Å². The van der Waals surface area contributed by atoms with Gasteiger partial charge >= 0.3 is 0 Å². The Bertz CT molecular complexity index is 971. The van der Waals surface area contributed by atoms with Gasteiger partial charge in [0.2, 0.25) is 0 Å². The number of unbranched alkanes of at least 4 members (excludes halogenated alkanes) is 4. The van der Waals surface area contributed by atoms with Crippen LogP contribution in [0.1, 0.15) is 65.6 Å². The van der Waals surface area contributed by atoms with Gasteiger partial charge in [0.25, 0.3) is 0 Å². The number of aryl methyl sites for hydroxylation is 2. The number of carbonyl (C=O) groups is 1. The van der Waals surface area contributed by atoms with Gasteiger partial charge in [0.15, 0.2) is 5.78 Å². The molecule has 0 aliphatic heterocycles. The van der Waals surface area contributed by atoms with Crippen molar-refractivity contribution >= 4 is 5.78 Å². The fraction of sp³-hybridized carbons (Fsp3) is 0.406. The molecule has 0 heterocycles. The zero-order chi connectivity index (χ0) is 24.6. The van der Waals surface area contributed by atoms with Crippen LogP contribution in [0.25, 0.3) is 0 Å². The van der Waals surface area contributed by atoms with Crippen LogP contribution in [0.5, 0.6) is 0 Å². The molecule has 3 aromatic carbocycles. The highest BCUT2D eigenvalue weighted by Crippen LogP contribution is 2.11. The molecule has 0 amide bonds. The van der Waals surface area contributed by atoms with Crippen molar-refractivity contribution < 1.29 is 9.53 Å². The lowest BCUT2D eigenvalue weighted by atomic mass is 10.1. The quantitative estimate of drug-likeness (QED) is 0.153. The maximum absolute atomic E-state index is 12.9. The predicted molar refractivity (Wildman–Crippen MR) is 146 cm³/mol. The largest absolute Gasteiger partial charge is 0.381 e. The Hall–Kier alpha value is -2.75. The lowest BCUT2D eigenvalue weighted by Crippen LogP contribution is -2.30. The molecule has 0 saturated carbocycles. The first-order chi connectivity index (χ1) is 17.2. The Balaban J connectivity index is 1.30. The normalized spacial score (nSPS) is 11.1. The van der Waals surface area contributed by atoms with E-state index < -0.39 is 0 Å². The average molecular weight is 472 g/mol. The topological polar surface area (TPSA) is 29.5 Å². The van der Waals surface area contributed by atoms with E-state index in [4.69, 9.17) is 4.74 Å². The maximum Gasteiger partial charge on any atom is 0.176 e. The van der Waals surface area contributed by atoms with Crippen molar-refractivity contribution in [2.24, 2.45) is 0 Å². The molecule has 3 rings (SSSR count). The summed E-state index contributed by atoms with van der Waals surface area (Å²) in [4.78, 5) is 15.2. The first-order valence-corrected chi connectivity index (χ1v) is 13.2. The monoisotopic (exact) mass is 471 g/mol. The number of nitrogens with zero attached hydrogens (tertiary/aromatic N) is 1. The minimum atomic E-state index is 0.199. The Morgan fingerprint density at radius 2 is 1.37 bits per heavy atom. The van der Waals surface area contributed by atoms with E-state index in [2.05, 4.69) is 59.5 Å².